The highest BCUT2D eigenvalue weighted by Gasteiger charge is 2.26. The molecule has 1 N–H and O–H groups in total. The van der Waals surface area contributed by atoms with E-state index in [0.29, 0.717) is 44.1 Å². The van der Waals surface area contributed by atoms with Gasteiger partial charge in [-0.3, -0.25) is 9.59 Å². The normalized spacial score (nSPS) is 14.4. The number of ketones is 1. The van der Waals surface area contributed by atoms with Crippen LogP contribution >= 0.6 is 0 Å². The molecule has 0 saturated carbocycles. The molecule has 38 heavy (non-hydrogen) atoms. The van der Waals surface area contributed by atoms with Gasteiger partial charge >= 0.3 is 5.97 Å². The zero-order valence-electron chi connectivity index (χ0n) is 22.0. The number of amides is 1. The first-order chi connectivity index (χ1) is 18.5. The first-order valence-electron chi connectivity index (χ1n) is 13.5. The molecular weight excluding hydrogens is 476 g/mol. The van der Waals surface area contributed by atoms with E-state index in [4.69, 9.17) is 5.11 Å². The lowest BCUT2D eigenvalue weighted by molar-refractivity contribution is -0.132. The summed E-state index contributed by atoms with van der Waals surface area (Å²) in [5.41, 5.74) is 4.43. The van der Waals surface area contributed by atoms with Crippen LogP contribution in [0.2, 0.25) is 0 Å². The quantitative estimate of drug-likeness (QED) is 0.260. The maximum atomic E-state index is 13.6. The third kappa shape index (κ3) is 6.88. The number of fused-ring (bicyclic) bond motifs is 1. The van der Waals surface area contributed by atoms with Crippen molar-refractivity contribution in [3.05, 3.63) is 101 Å². The second-order valence-electron chi connectivity index (χ2n) is 10.0. The molecule has 0 spiro atoms. The van der Waals surface area contributed by atoms with Crippen molar-refractivity contribution in [3.8, 4) is 0 Å². The van der Waals surface area contributed by atoms with Crippen molar-refractivity contribution in [1.29, 1.82) is 0 Å². The first-order valence-corrected chi connectivity index (χ1v) is 13.5. The van der Waals surface area contributed by atoms with Gasteiger partial charge in [-0.2, -0.15) is 0 Å². The van der Waals surface area contributed by atoms with Crippen molar-refractivity contribution < 1.29 is 19.5 Å². The molecule has 0 heterocycles. The lowest BCUT2D eigenvalue weighted by Gasteiger charge is -2.31. The number of benzene rings is 3. The largest absolute Gasteiger partial charge is 0.475 e. The minimum Gasteiger partial charge on any atom is -0.475 e. The number of nitrogens with zero attached hydrogens (tertiary/aromatic N) is 2. The summed E-state index contributed by atoms with van der Waals surface area (Å²) in [6.07, 6.45) is 4.15. The van der Waals surface area contributed by atoms with Crippen molar-refractivity contribution in [2.24, 2.45) is 5.92 Å². The average Bonchev–Trinajstić information content (AvgIpc) is 2.95. The monoisotopic (exact) mass is 512 g/mol. The number of rotatable bonds is 12. The van der Waals surface area contributed by atoms with E-state index in [9.17, 15) is 14.4 Å². The van der Waals surface area contributed by atoms with Gasteiger partial charge < -0.3 is 14.9 Å². The van der Waals surface area contributed by atoms with E-state index >= 15 is 0 Å². The van der Waals surface area contributed by atoms with Gasteiger partial charge in [0.05, 0.1) is 6.54 Å². The van der Waals surface area contributed by atoms with E-state index in [2.05, 4.69) is 24.0 Å². The van der Waals surface area contributed by atoms with Crippen LogP contribution in [0.4, 0.5) is 5.69 Å². The predicted octanol–water partition coefficient (Wildman–Crippen LogP) is 5.39. The molecular formula is C32H36N2O4. The van der Waals surface area contributed by atoms with E-state index in [0.717, 1.165) is 48.1 Å². The summed E-state index contributed by atoms with van der Waals surface area (Å²) >= 11 is 0. The molecule has 1 unspecified atom stereocenters. The third-order valence-corrected chi connectivity index (χ3v) is 7.34. The molecule has 1 aliphatic carbocycles. The van der Waals surface area contributed by atoms with Crippen LogP contribution < -0.4 is 4.90 Å². The highest BCUT2D eigenvalue weighted by atomic mass is 16.4. The van der Waals surface area contributed by atoms with Gasteiger partial charge in [-0.1, -0.05) is 73.7 Å². The summed E-state index contributed by atoms with van der Waals surface area (Å²) in [6.45, 7) is 4.47. The van der Waals surface area contributed by atoms with Gasteiger partial charge in [0.2, 0.25) is 5.91 Å². The Morgan fingerprint density at radius 1 is 0.895 bits per heavy atom. The Morgan fingerprint density at radius 3 is 2.29 bits per heavy atom. The van der Waals surface area contributed by atoms with Crippen molar-refractivity contribution >= 4 is 23.3 Å². The minimum atomic E-state index is -1.41. The summed E-state index contributed by atoms with van der Waals surface area (Å²) in [7, 11) is 0. The Hall–Kier alpha value is -3.93. The first kappa shape index (κ1) is 27.1. The summed E-state index contributed by atoms with van der Waals surface area (Å²) in [5, 5.41) is 9.16. The Balaban J connectivity index is 1.41. The second-order valence-corrected chi connectivity index (χ2v) is 10.0. The maximum absolute atomic E-state index is 13.6. The summed E-state index contributed by atoms with van der Waals surface area (Å²) in [6, 6.07) is 25.7. The summed E-state index contributed by atoms with van der Waals surface area (Å²) < 4.78 is 0. The van der Waals surface area contributed by atoms with Crippen molar-refractivity contribution in [1.82, 2.24) is 4.90 Å². The molecule has 3 aromatic rings. The molecule has 1 atom stereocenters. The molecule has 0 saturated heterocycles. The smallest absolute Gasteiger partial charge is 0.377 e. The van der Waals surface area contributed by atoms with Crippen LogP contribution in [0.15, 0.2) is 78.9 Å². The number of carboxylic acids is 1. The number of para-hydroxylation sites is 1. The molecule has 198 valence electrons. The lowest BCUT2D eigenvalue weighted by atomic mass is 9.79. The molecule has 0 bridgehead atoms. The molecule has 4 rings (SSSR count). The number of hydrogen-bond acceptors (Lipinski definition) is 4. The number of anilines is 1. The fraction of sp³-hybridized carbons (Fsp3) is 0.344. The molecule has 6 heteroatoms. The van der Waals surface area contributed by atoms with E-state index in [1.165, 1.54) is 0 Å². The van der Waals surface area contributed by atoms with E-state index < -0.39 is 11.8 Å². The average molecular weight is 513 g/mol. The van der Waals surface area contributed by atoms with Gasteiger partial charge in [-0.05, 0) is 66.8 Å². The van der Waals surface area contributed by atoms with Gasteiger partial charge in [-0.25, -0.2) is 4.79 Å². The van der Waals surface area contributed by atoms with E-state index in [1.54, 1.807) is 12.1 Å². The zero-order chi connectivity index (χ0) is 26.9. The SMILES string of the molecule is CCCN(CCC1CCc2c(cccc2C(=O)C(=O)O)C1)C(=O)CN(Cc1ccccc1)c1ccccc1. The zero-order valence-corrected chi connectivity index (χ0v) is 22.0. The molecule has 0 aromatic heterocycles. The molecule has 1 aliphatic rings. The van der Waals surface area contributed by atoms with E-state index in [1.807, 2.05) is 59.5 Å². The molecule has 3 aromatic carbocycles. The molecule has 0 radical (unpaired) electrons. The number of carbonyl (C=O) groups is 3. The lowest BCUT2D eigenvalue weighted by Crippen LogP contribution is -2.41. The summed E-state index contributed by atoms with van der Waals surface area (Å²) in [5.74, 6) is -1.74. The van der Waals surface area contributed by atoms with Crippen LogP contribution in [-0.2, 0) is 29.0 Å². The van der Waals surface area contributed by atoms with Crippen LogP contribution in [0.1, 0.15) is 53.2 Å². The Bertz CT molecular complexity index is 1240. The highest BCUT2D eigenvalue weighted by molar-refractivity contribution is 6.40. The van der Waals surface area contributed by atoms with Crippen LogP contribution in [0.3, 0.4) is 0 Å². The van der Waals surface area contributed by atoms with Crippen LogP contribution in [0.25, 0.3) is 0 Å². The number of aliphatic carboxylic acids is 1. The highest BCUT2D eigenvalue weighted by Crippen LogP contribution is 2.30. The topological polar surface area (TPSA) is 77.9 Å². The minimum absolute atomic E-state index is 0.122. The van der Waals surface area contributed by atoms with Gasteiger partial charge in [-0.15, -0.1) is 0 Å². The van der Waals surface area contributed by atoms with Gasteiger partial charge in [0, 0.05) is 30.9 Å². The van der Waals surface area contributed by atoms with Gasteiger partial charge in [0.1, 0.15) is 0 Å². The molecule has 6 nitrogen and oxygen atoms in total. The standard InChI is InChI=1S/C32H36N2O4/c1-2-19-33(20-18-24-16-17-28-26(21-24)12-9-15-29(28)31(36)32(37)38)30(35)23-34(27-13-7-4-8-14-27)22-25-10-5-3-6-11-25/h3-15,24H,2,16-23H2,1H3,(H,37,38). The fourth-order valence-electron chi connectivity index (χ4n) is 5.37. The Morgan fingerprint density at radius 2 is 1.61 bits per heavy atom. The van der Waals surface area contributed by atoms with Gasteiger partial charge in [0.25, 0.3) is 5.78 Å². The van der Waals surface area contributed by atoms with Crippen molar-refractivity contribution in [3.63, 3.8) is 0 Å². The van der Waals surface area contributed by atoms with Crippen molar-refractivity contribution in [2.75, 3.05) is 24.5 Å². The Labute approximate surface area is 224 Å². The molecule has 1 amide bonds. The molecule has 0 aliphatic heterocycles. The maximum Gasteiger partial charge on any atom is 0.377 e. The number of hydrogen-bond donors (Lipinski definition) is 1. The van der Waals surface area contributed by atoms with Crippen LogP contribution in [0, 0.1) is 5.92 Å². The number of carboxylic acid groups (broad SMARTS) is 1. The van der Waals surface area contributed by atoms with E-state index in [-0.39, 0.29) is 5.91 Å². The predicted molar refractivity (Wildman–Crippen MR) is 149 cm³/mol. The van der Waals surface area contributed by atoms with Crippen molar-refractivity contribution in [2.45, 2.75) is 45.6 Å². The fourth-order valence-corrected chi connectivity index (χ4v) is 5.37. The number of Topliss-reactive ketones (excluding diaryl/α,β-unsaturated/α-hetero) is 1. The second kappa shape index (κ2) is 13.0. The van der Waals surface area contributed by atoms with Crippen LogP contribution in [-0.4, -0.2) is 47.3 Å². The number of carbonyl (C=O) groups excluding carboxylic acids is 2. The summed E-state index contributed by atoms with van der Waals surface area (Å²) in [4.78, 5) is 41.0. The Kier molecular flexibility index (Phi) is 9.30. The third-order valence-electron chi connectivity index (χ3n) is 7.34. The van der Waals surface area contributed by atoms with Crippen LogP contribution in [0.5, 0.6) is 0 Å². The molecule has 0 fully saturated rings. The van der Waals surface area contributed by atoms with Gasteiger partial charge in [0.15, 0.2) is 0 Å².